The molecule has 0 unspecified atom stereocenters. The maximum atomic E-state index is 13.2. The highest BCUT2D eigenvalue weighted by atomic mass is 32.1. The lowest BCUT2D eigenvalue weighted by molar-refractivity contribution is -0.144. The van der Waals surface area contributed by atoms with Gasteiger partial charge in [0.15, 0.2) is 0 Å². The van der Waals surface area contributed by atoms with E-state index in [4.69, 9.17) is 9.72 Å². The third kappa shape index (κ3) is 5.17. The van der Waals surface area contributed by atoms with Crippen molar-refractivity contribution in [3.05, 3.63) is 26.6 Å². The van der Waals surface area contributed by atoms with E-state index >= 15 is 0 Å². The molecule has 0 saturated carbocycles. The molecule has 0 N–H and O–H groups in total. The van der Waals surface area contributed by atoms with Crippen molar-refractivity contribution in [3.8, 4) is 0 Å². The molecular formula is C20H31N3O3S. The Labute approximate surface area is 165 Å². The normalized spacial score (nSPS) is 11.5. The molecule has 0 amide bonds. The summed E-state index contributed by atoms with van der Waals surface area (Å²) in [6.07, 6.45) is 2.95. The molecule has 2 aromatic heterocycles. The highest BCUT2D eigenvalue weighted by Gasteiger charge is 2.19. The van der Waals surface area contributed by atoms with Crippen LogP contribution in [0.3, 0.4) is 0 Å². The van der Waals surface area contributed by atoms with E-state index in [0.717, 1.165) is 47.6 Å². The van der Waals surface area contributed by atoms with Crippen LogP contribution >= 0.6 is 11.3 Å². The summed E-state index contributed by atoms with van der Waals surface area (Å²) in [7, 11) is 0. The van der Waals surface area contributed by atoms with Gasteiger partial charge in [0, 0.05) is 4.88 Å². The molecular weight excluding hydrogens is 362 g/mol. The number of aryl methyl sites for hydroxylation is 2. The van der Waals surface area contributed by atoms with Gasteiger partial charge >= 0.3 is 5.97 Å². The van der Waals surface area contributed by atoms with Gasteiger partial charge in [-0.3, -0.25) is 19.1 Å². The molecule has 27 heavy (non-hydrogen) atoms. The molecule has 0 spiro atoms. The van der Waals surface area contributed by atoms with E-state index in [2.05, 4.69) is 25.7 Å². The molecule has 150 valence electrons. The molecule has 7 heteroatoms. The third-order valence-corrected chi connectivity index (χ3v) is 6.03. The SMILES string of the molecule is CCCCCOC(=O)Cn1c(CN(CC)CC)nc2sc(C)c(C)c2c1=O. The van der Waals surface area contributed by atoms with Crippen molar-refractivity contribution in [1.29, 1.82) is 0 Å². The molecule has 0 aliphatic carbocycles. The standard InChI is InChI=1S/C20H31N3O3S/c1-6-9-10-11-26-17(24)13-23-16(12-22(7-2)8-3)21-19-18(20(23)25)14(4)15(5)27-19/h6-13H2,1-5H3. The maximum Gasteiger partial charge on any atom is 0.326 e. The van der Waals surface area contributed by atoms with Crippen LogP contribution in [-0.4, -0.2) is 40.1 Å². The zero-order valence-corrected chi connectivity index (χ0v) is 17.9. The van der Waals surface area contributed by atoms with E-state index in [1.54, 1.807) is 0 Å². The van der Waals surface area contributed by atoms with Crippen LogP contribution < -0.4 is 5.56 Å². The van der Waals surface area contributed by atoms with Gasteiger partial charge in [0.05, 0.1) is 18.5 Å². The molecule has 0 bridgehead atoms. The minimum atomic E-state index is -0.375. The van der Waals surface area contributed by atoms with Crippen LogP contribution in [0.15, 0.2) is 4.79 Å². The summed E-state index contributed by atoms with van der Waals surface area (Å²) in [5.74, 6) is 0.253. The van der Waals surface area contributed by atoms with Gasteiger partial charge in [-0.05, 0) is 38.9 Å². The van der Waals surface area contributed by atoms with Gasteiger partial charge in [0.1, 0.15) is 17.2 Å². The van der Waals surface area contributed by atoms with E-state index < -0.39 is 0 Å². The van der Waals surface area contributed by atoms with Crippen molar-refractivity contribution in [3.63, 3.8) is 0 Å². The van der Waals surface area contributed by atoms with E-state index in [0.29, 0.717) is 24.4 Å². The summed E-state index contributed by atoms with van der Waals surface area (Å²) in [5, 5.41) is 0.625. The Bertz CT molecular complexity index is 837. The van der Waals surface area contributed by atoms with Crippen LogP contribution in [0.2, 0.25) is 0 Å². The van der Waals surface area contributed by atoms with Crippen LogP contribution in [0.5, 0.6) is 0 Å². The Balaban J connectivity index is 2.37. The van der Waals surface area contributed by atoms with Gasteiger partial charge < -0.3 is 4.74 Å². The van der Waals surface area contributed by atoms with Gasteiger partial charge in [-0.15, -0.1) is 11.3 Å². The number of thiophene rings is 1. The van der Waals surface area contributed by atoms with Gasteiger partial charge in [-0.2, -0.15) is 0 Å². The Morgan fingerprint density at radius 3 is 2.52 bits per heavy atom. The lowest BCUT2D eigenvalue weighted by Crippen LogP contribution is -2.33. The molecule has 2 aromatic rings. The molecule has 0 aliphatic heterocycles. The molecule has 0 radical (unpaired) electrons. The average Bonchev–Trinajstić information content (AvgIpc) is 2.93. The second-order valence-corrected chi connectivity index (χ2v) is 7.97. The number of aromatic nitrogens is 2. The molecule has 2 rings (SSSR count). The van der Waals surface area contributed by atoms with E-state index in [-0.39, 0.29) is 18.1 Å². The first-order chi connectivity index (χ1) is 12.9. The predicted molar refractivity (Wildman–Crippen MR) is 110 cm³/mol. The minimum absolute atomic E-state index is 0.0845. The number of fused-ring (bicyclic) bond motifs is 1. The van der Waals surface area contributed by atoms with Gasteiger partial charge in [-0.1, -0.05) is 33.6 Å². The molecule has 0 atom stereocenters. The van der Waals surface area contributed by atoms with E-state index in [1.807, 2.05) is 13.8 Å². The highest BCUT2D eigenvalue weighted by Crippen LogP contribution is 2.26. The van der Waals surface area contributed by atoms with Crippen molar-refractivity contribution in [2.45, 2.75) is 67.0 Å². The Kier molecular flexibility index (Phi) is 7.98. The van der Waals surface area contributed by atoms with Crippen LogP contribution in [-0.2, 0) is 22.6 Å². The number of rotatable bonds is 10. The van der Waals surface area contributed by atoms with Crippen molar-refractivity contribution in [2.24, 2.45) is 0 Å². The summed E-state index contributed by atoms with van der Waals surface area (Å²) in [5.41, 5.74) is 0.807. The number of ether oxygens (including phenoxy) is 1. The number of carbonyl (C=O) groups excluding carboxylic acids is 1. The molecule has 2 heterocycles. The number of unbranched alkanes of at least 4 members (excludes halogenated alkanes) is 2. The van der Waals surface area contributed by atoms with Gasteiger partial charge in [0.2, 0.25) is 0 Å². The first kappa shape index (κ1) is 21.6. The lowest BCUT2D eigenvalue weighted by atomic mass is 10.2. The summed E-state index contributed by atoms with van der Waals surface area (Å²) in [6, 6.07) is 0. The smallest absolute Gasteiger partial charge is 0.326 e. The molecule has 6 nitrogen and oxygen atoms in total. The first-order valence-electron chi connectivity index (χ1n) is 9.80. The van der Waals surface area contributed by atoms with Crippen molar-refractivity contribution < 1.29 is 9.53 Å². The quantitative estimate of drug-likeness (QED) is 0.455. The Morgan fingerprint density at radius 1 is 1.19 bits per heavy atom. The van der Waals surface area contributed by atoms with Crippen molar-refractivity contribution >= 4 is 27.5 Å². The molecule has 0 fully saturated rings. The number of esters is 1. The fourth-order valence-corrected chi connectivity index (χ4v) is 4.05. The molecule has 0 saturated heterocycles. The van der Waals surface area contributed by atoms with Crippen molar-refractivity contribution in [2.75, 3.05) is 19.7 Å². The van der Waals surface area contributed by atoms with Gasteiger partial charge in [0.25, 0.3) is 5.56 Å². The zero-order valence-electron chi connectivity index (χ0n) is 17.1. The fraction of sp³-hybridized carbons (Fsp3) is 0.650. The zero-order chi connectivity index (χ0) is 20.0. The number of nitrogens with zero attached hydrogens (tertiary/aromatic N) is 3. The summed E-state index contributed by atoms with van der Waals surface area (Å²) in [4.78, 5) is 34.2. The number of carbonyl (C=O) groups is 1. The summed E-state index contributed by atoms with van der Waals surface area (Å²) in [6.45, 7) is 12.8. The Hall–Kier alpha value is -1.73. The van der Waals surface area contributed by atoms with Crippen LogP contribution in [0.4, 0.5) is 0 Å². The maximum absolute atomic E-state index is 13.2. The lowest BCUT2D eigenvalue weighted by Gasteiger charge is -2.20. The number of hydrogen-bond acceptors (Lipinski definition) is 6. The highest BCUT2D eigenvalue weighted by molar-refractivity contribution is 7.18. The predicted octanol–water partition coefficient (Wildman–Crippen LogP) is 3.65. The largest absolute Gasteiger partial charge is 0.464 e. The monoisotopic (exact) mass is 393 g/mol. The fourth-order valence-electron chi connectivity index (χ4n) is 3.01. The second kappa shape index (κ2) is 9.99. The van der Waals surface area contributed by atoms with Crippen molar-refractivity contribution in [1.82, 2.24) is 14.5 Å². The summed E-state index contributed by atoms with van der Waals surface area (Å²) < 4.78 is 6.83. The minimum Gasteiger partial charge on any atom is -0.464 e. The van der Waals surface area contributed by atoms with E-state index in [1.165, 1.54) is 15.9 Å². The molecule has 0 aromatic carbocycles. The average molecular weight is 394 g/mol. The molecule has 0 aliphatic rings. The van der Waals surface area contributed by atoms with Crippen LogP contribution in [0.25, 0.3) is 10.2 Å². The summed E-state index contributed by atoms with van der Waals surface area (Å²) >= 11 is 1.54. The second-order valence-electron chi connectivity index (χ2n) is 6.77. The number of hydrogen-bond donors (Lipinski definition) is 0. The van der Waals surface area contributed by atoms with Crippen LogP contribution in [0, 0.1) is 13.8 Å². The Morgan fingerprint density at radius 2 is 1.89 bits per heavy atom. The van der Waals surface area contributed by atoms with E-state index in [9.17, 15) is 9.59 Å². The topological polar surface area (TPSA) is 64.4 Å². The first-order valence-corrected chi connectivity index (χ1v) is 10.6. The third-order valence-electron chi connectivity index (χ3n) is 4.93. The van der Waals surface area contributed by atoms with Gasteiger partial charge in [-0.25, -0.2) is 4.98 Å². The van der Waals surface area contributed by atoms with Crippen LogP contribution in [0.1, 0.15) is 56.3 Å².